The second kappa shape index (κ2) is 8.60. The SMILES string of the molecule is CC(=O)OC[C@@H]1OC(O)[C@@H](CC(=O)O)[C@@H](CC(=O)O)[C@H]1CC(=O)O. The summed E-state index contributed by atoms with van der Waals surface area (Å²) in [7, 11) is 0. The monoisotopic (exact) mass is 348 g/mol. The molecule has 4 N–H and O–H groups in total. The van der Waals surface area contributed by atoms with Crippen LogP contribution in [0.25, 0.3) is 0 Å². The van der Waals surface area contributed by atoms with Crippen LogP contribution in [0.1, 0.15) is 26.2 Å². The minimum Gasteiger partial charge on any atom is -0.481 e. The molecule has 0 spiro atoms. The van der Waals surface area contributed by atoms with Crippen LogP contribution in [-0.4, -0.2) is 63.3 Å². The van der Waals surface area contributed by atoms with Crippen molar-refractivity contribution in [2.75, 3.05) is 6.61 Å². The fourth-order valence-electron chi connectivity index (χ4n) is 2.99. The smallest absolute Gasteiger partial charge is 0.303 e. The van der Waals surface area contributed by atoms with Crippen molar-refractivity contribution < 1.29 is 49.1 Å². The largest absolute Gasteiger partial charge is 0.481 e. The third-order valence-electron chi connectivity index (χ3n) is 3.94. The number of carbonyl (C=O) groups excluding carboxylic acids is 1. The van der Waals surface area contributed by atoms with Crippen LogP contribution in [0, 0.1) is 17.8 Å². The zero-order valence-electron chi connectivity index (χ0n) is 13.0. The molecule has 1 heterocycles. The van der Waals surface area contributed by atoms with E-state index in [0.717, 1.165) is 6.92 Å². The van der Waals surface area contributed by atoms with Crippen molar-refractivity contribution in [1.82, 2.24) is 0 Å². The van der Waals surface area contributed by atoms with Gasteiger partial charge in [0.25, 0.3) is 0 Å². The molecule has 10 nitrogen and oxygen atoms in total. The van der Waals surface area contributed by atoms with Crippen molar-refractivity contribution in [2.24, 2.45) is 17.8 Å². The maximum Gasteiger partial charge on any atom is 0.303 e. The Morgan fingerprint density at radius 1 is 0.875 bits per heavy atom. The van der Waals surface area contributed by atoms with E-state index in [4.69, 9.17) is 24.8 Å². The molecule has 10 heteroatoms. The topological polar surface area (TPSA) is 168 Å². The highest BCUT2D eigenvalue weighted by atomic mass is 16.6. The van der Waals surface area contributed by atoms with Crippen molar-refractivity contribution >= 4 is 23.9 Å². The van der Waals surface area contributed by atoms with E-state index >= 15 is 0 Å². The molecule has 0 aromatic carbocycles. The summed E-state index contributed by atoms with van der Waals surface area (Å²) in [5.74, 6) is -7.39. The number of hydrogen-bond donors (Lipinski definition) is 4. The van der Waals surface area contributed by atoms with Gasteiger partial charge in [0.2, 0.25) is 0 Å². The van der Waals surface area contributed by atoms with Crippen LogP contribution in [0.3, 0.4) is 0 Å². The van der Waals surface area contributed by atoms with E-state index in [1.807, 2.05) is 0 Å². The number of aliphatic carboxylic acids is 3. The van der Waals surface area contributed by atoms with Crippen LogP contribution in [0.15, 0.2) is 0 Å². The maximum atomic E-state index is 11.1. The molecule has 1 aliphatic rings. The summed E-state index contributed by atoms with van der Waals surface area (Å²) in [5.41, 5.74) is 0. The lowest BCUT2D eigenvalue weighted by Gasteiger charge is -2.44. The van der Waals surface area contributed by atoms with E-state index in [9.17, 15) is 24.3 Å². The van der Waals surface area contributed by atoms with Crippen molar-refractivity contribution in [3.63, 3.8) is 0 Å². The van der Waals surface area contributed by atoms with Crippen molar-refractivity contribution in [2.45, 2.75) is 38.6 Å². The Balaban J connectivity index is 3.11. The van der Waals surface area contributed by atoms with Gasteiger partial charge < -0.3 is 29.9 Å². The van der Waals surface area contributed by atoms with Crippen molar-refractivity contribution in [1.29, 1.82) is 0 Å². The average Bonchev–Trinajstić information content (AvgIpc) is 2.42. The normalized spacial score (nSPS) is 29.7. The third kappa shape index (κ3) is 5.78. The number of aliphatic hydroxyl groups excluding tert-OH is 1. The highest BCUT2D eigenvalue weighted by Crippen LogP contribution is 2.40. The molecule has 1 fully saturated rings. The van der Waals surface area contributed by atoms with Crippen molar-refractivity contribution in [3.05, 3.63) is 0 Å². The fraction of sp³-hybridized carbons (Fsp3) is 0.714. The lowest BCUT2D eigenvalue weighted by atomic mass is 9.71. The summed E-state index contributed by atoms with van der Waals surface area (Å²) >= 11 is 0. The zero-order valence-corrected chi connectivity index (χ0v) is 13.0. The first-order chi connectivity index (χ1) is 11.1. The molecular formula is C14H20O10. The molecule has 0 amide bonds. The fourth-order valence-corrected chi connectivity index (χ4v) is 2.99. The van der Waals surface area contributed by atoms with Gasteiger partial charge in [-0.2, -0.15) is 0 Å². The van der Waals surface area contributed by atoms with Gasteiger partial charge in [-0.25, -0.2) is 0 Å². The van der Waals surface area contributed by atoms with Gasteiger partial charge in [-0.3, -0.25) is 19.2 Å². The summed E-state index contributed by atoms with van der Waals surface area (Å²) in [6, 6.07) is 0. The quantitative estimate of drug-likeness (QED) is 0.421. The molecule has 1 rings (SSSR count). The second-order valence-electron chi connectivity index (χ2n) is 5.65. The van der Waals surface area contributed by atoms with Gasteiger partial charge in [0, 0.05) is 25.2 Å². The predicted molar refractivity (Wildman–Crippen MR) is 74.7 cm³/mol. The van der Waals surface area contributed by atoms with Crippen LogP contribution in [0.4, 0.5) is 0 Å². The van der Waals surface area contributed by atoms with E-state index in [1.165, 1.54) is 0 Å². The molecule has 1 unspecified atom stereocenters. The zero-order chi connectivity index (χ0) is 18.4. The molecule has 0 radical (unpaired) electrons. The van der Waals surface area contributed by atoms with E-state index in [0.29, 0.717) is 0 Å². The molecule has 0 aromatic heterocycles. The number of carboxylic acids is 3. The average molecular weight is 348 g/mol. The number of ether oxygens (including phenoxy) is 2. The van der Waals surface area contributed by atoms with E-state index in [1.54, 1.807) is 0 Å². The molecule has 5 atom stereocenters. The van der Waals surface area contributed by atoms with Crippen LogP contribution in [0.2, 0.25) is 0 Å². The molecule has 24 heavy (non-hydrogen) atoms. The minimum atomic E-state index is -1.60. The first-order valence-electron chi connectivity index (χ1n) is 7.24. The van der Waals surface area contributed by atoms with E-state index in [2.05, 4.69) is 0 Å². The molecule has 0 saturated carbocycles. The van der Waals surface area contributed by atoms with Gasteiger partial charge >= 0.3 is 23.9 Å². The molecule has 0 aliphatic carbocycles. The van der Waals surface area contributed by atoms with E-state index < -0.39 is 73.3 Å². The Morgan fingerprint density at radius 2 is 1.33 bits per heavy atom. The van der Waals surface area contributed by atoms with Gasteiger partial charge in [-0.15, -0.1) is 0 Å². The van der Waals surface area contributed by atoms with Crippen molar-refractivity contribution in [3.8, 4) is 0 Å². The number of rotatable bonds is 8. The summed E-state index contributed by atoms with van der Waals surface area (Å²) in [4.78, 5) is 44.1. The van der Waals surface area contributed by atoms with Gasteiger partial charge in [0.1, 0.15) is 6.61 Å². The molecule has 0 bridgehead atoms. The van der Waals surface area contributed by atoms with Crippen LogP contribution < -0.4 is 0 Å². The van der Waals surface area contributed by atoms with Gasteiger partial charge in [0.15, 0.2) is 6.29 Å². The Kier molecular flexibility index (Phi) is 7.11. The number of aliphatic hydroxyl groups is 1. The summed E-state index contributed by atoms with van der Waals surface area (Å²) in [6.07, 6.45) is -4.26. The summed E-state index contributed by atoms with van der Waals surface area (Å²) in [5, 5.41) is 37.1. The number of carbonyl (C=O) groups is 4. The van der Waals surface area contributed by atoms with Gasteiger partial charge in [-0.1, -0.05) is 0 Å². The predicted octanol–water partition coefficient (Wildman–Crippen LogP) is -0.461. The van der Waals surface area contributed by atoms with Crippen LogP contribution >= 0.6 is 0 Å². The van der Waals surface area contributed by atoms with Gasteiger partial charge in [0.05, 0.1) is 18.9 Å². The lowest BCUT2D eigenvalue weighted by molar-refractivity contribution is -0.247. The number of carboxylic acid groups (broad SMARTS) is 3. The molecule has 136 valence electrons. The Hall–Kier alpha value is -2.20. The molecule has 1 aliphatic heterocycles. The molecular weight excluding hydrogens is 328 g/mol. The third-order valence-corrected chi connectivity index (χ3v) is 3.94. The van der Waals surface area contributed by atoms with Crippen LogP contribution in [-0.2, 0) is 28.7 Å². The molecule has 0 aromatic rings. The first kappa shape index (κ1) is 19.8. The lowest BCUT2D eigenvalue weighted by Crippen LogP contribution is -2.51. The Morgan fingerprint density at radius 3 is 1.79 bits per heavy atom. The minimum absolute atomic E-state index is 0.361. The Labute approximate surface area is 137 Å². The number of hydrogen-bond acceptors (Lipinski definition) is 7. The van der Waals surface area contributed by atoms with E-state index in [-0.39, 0.29) is 6.61 Å². The summed E-state index contributed by atoms with van der Waals surface area (Å²) < 4.78 is 10.0. The highest BCUT2D eigenvalue weighted by Gasteiger charge is 2.47. The Bertz CT molecular complexity index is 502. The van der Waals surface area contributed by atoms with Crippen LogP contribution in [0.5, 0.6) is 0 Å². The highest BCUT2D eigenvalue weighted by molar-refractivity contribution is 5.70. The first-order valence-corrected chi connectivity index (χ1v) is 7.24. The standard InChI is InChI=1S/C14H20O10/c1-6(15)23-5-10-8(3-12(18)19)7(2-11(16)17)9(4-13(20)21)14(22)24-10/h7-10,14,22H,2-5H2,1H3,(H,16,17)(H,18,19)(H,20,21)/t7-,8+,9-,10-,14?/m0/s1. The maximum absolute atomic E-state index is 11.1. The van der Waals surface area contributed by atoms with Gasteiger partial charge in [-0.05, 0) is 5.92 Å². The summed E-state index contributed by atoms with van der Waals surface area (Å²) in [6.45, 7) is 0.771. The number of esters is 1. The second-order valence-corrected chi connectivity index (χ2v) is 5.65. The molecule has 1 saturated heterocycles.